The predicted molar refractivity (Wildman–Crippen MR) is 104 cm³/mol. The Balaban J connectivity index is 1.64. The van der Waals surface area contributed by atoms with Gasteiger partial charge in [0.15, 0.2) is 0 Å². The molecule has 0 spiro atoms. The van der Waals surface area contributed by atoms with E-state index in [0.717, 1.165) is 24.4 Å². The van der Waals surface area contributed by atoms with Crippen LogP contribution in [0.5, 0.6) is 0 Å². The molecule has 0 saturated carbocycles. The highest BCUT2D eigenvalue weighted by Gasteiger charge is 2.20. The summed E-state index contributed by atoms with van der Waals surface area (Å²) in [5.41, 5.74) is 5.03. The van der Waals surface area contributed by atoms with E-state index in [9.17, 15) is 0 Å². The molecule has 2 aromatic carbocycles. The van der Waals surface area contributed by atoms with Crippen molar-refractivity contribution in [2.75, 3.05) is 20.1 Å². The van der Waals surface area contributed by atoms with Crippen molar-refractivity contribution in [3.05, 3.63) is 65.5 Å². The van der Waals surface area contributed by atoms with Crippen molar-refractivity contribution in [2.45, 2.75) is 32.7 Å². The molecule has 0 radical (unpaired) electrons. The number of aryl methyl sites for hydroxylation is 1. The molecule has 3 aromatic rings. The molecule has 0 N–H and O–H groups in total. The van der Waals surface area contributed by atoms with Gasteiger partial charge in [0.05, 0.1) is 11.0 Å². The fourth-order valence-corrected chi connectivity index (χ4v) is 3.86. The number of aromatic nitrogens is 2. The molecule has 4 rings (SSSR count). The van der Waals surface area contributed by atoms with Gasteiger partial charge in [0, 0.05) is 13.0 Å². The number of likely N-dealkylation sites (tertiary alicyclic amines) is 1. The number of imidazole rings is 1. The molecule has 0 amide bonds. The van der Waals surface area contributed by atoms with Crippen molar-refractivity contribution in [2.24, 2.45) is 5.92 Å². The normalized spacial score (nSPS) is 16.6. The largest absolute Gasteiger partial charge is 0.323 e. The van der Waals surface area contributed by atoms with Crippen LogP contribution >= 0.6 is 0 Å². The molecule has 1 saturated heterocycles. The molecular formula is C22H27N3. The average Bonchev–Trinajstić information content (AvgIpc) is 2.96. The molecule has 0 atom stereocenters. The molecule has 25 heavy (non-hydrogen) atoms. The van der Waals surface area contributed by atoms with Gasteiger partial charge >= 0.3 is 0 Å². The second kappa shape index (κ2) is 7.01. The van der Waals surface area contributed by atoms with Crippen LogP contribution in [0.1, 0.15) is 29.8 Å². The number of rotatable bonds is 4. The Morgan fingerprint density at radius 3 is 2.48 bits per heavy atom. The predicted octanol–water partition coefficient (Wildman–Crippen LogP) is 4.28. The topological polar surface area (TPSA) is 21.1 Å². The van der Waals surface area contributed by atoms with E-state index in [1.54, 1.807) is 0 Å². The molecule has 3 nitrogen and oxygen atoms in total. The fourth-order valence-electron chi connectivity index (χ4n) is 3.86. The van der Waals surface area contributed by atoms with Crippen molar-refractivity contribution in [1.82, 2.24) is 14.5 Å². The lowest BCUT2D eigenvalue weighted by molar-refractivity contribution is 0.216. The number of hydrogen-bond donors (Lipinski definition) is 0. The summed E-state index contributed by atoms with van der Waals surface area (Å²) < 4.78 is 2.43. The quantitative estimate of drug-likeness (QED) is 0.711. The molecule has 130 valence electrons. The van der Waals surface area contributed by atoms with Gasteiger partial charge in [0.1, 0.15) is 5.82 Å². The van der Waals surface area contributed by atoms with Gasteiger partial charge in [0.2, 0.25) is 0 Å². The van der Waals surface area contributed by atoms with Gasteiger partial charge in [0.25, 0.3) is 0 Å². The molecule has 1 fully saturated rings. The van der Waals surface area contributed by atoms with E-state index in [0.29, 0.717) is 0 Å². The summed E-state index contributed by atoms with van der Waals surface area (Å²) in [6.07, 6.45) is 3.66. The van der Waals surface area contributed by atoms with Gasteiger partial charge in [-0.25, -0.2) is 4.98 Å². The zero-order valence-electron chi connectivity index (χ0n) is 15.3. The first-order chi connectivity index (χ1) is 12.2. The zero-order chi connectivity index (χ0) is 17.2. The molecule has 3 heteroatoms. The summed E-state index contributed by atoms with van der Waals surface area (Å²) in [5.74, 6) is 2.00. The van der Waals surface area contributed by atoms with Crippen LogP contribution < -0.4 is 0 Å². The Morgan fingerprint density at radius 2 is 1.72 bits per heavy atom. The van der Waals surface area contributed by atoms with Crippen LogP contribution in [0.2, 0.25) is 0 Å². The van der Waals surface area contributed by atoms with E-state index in [2.05, 4.69) is 72.0 Å². The Morgan fingerprint density at radius 1 is 1.00 bits per heavy atom. The van der Waals surface area contributed by atoms with E-state index >= 15 is 0 Å². The van der Waals surface area contributed by atoms with Crippen molar-refractivity contribution >= 4 is 11.0 Å². The van der Waals surface area contributed by atoms with E-state index in [-0.39, 0.29) is 0 Å². The minimum atomic E-state index is 0.754. The molecular weight excluding hydrogens is 306 g/mol. The van der Waals surface area contributed by atoms with Crippen LogP contribution in [0.4, 0.5) is 0 Å². The summed E-state index contributed by atoms with van der Waals surface area (Å²) >= 11 is 0. The van der Waals surface area contributed by atoms with Crippen molar-refractivity contribution in [3.8, 4) is 0 Å². The molecule has 1 aliphatic rings. The van der Waals surface area contributed by atoms with Gasteiger partial charge in [-0.1, -0.05) is 42.0 Å². The van der Waals surface area contributed by atoms with Crippen LogP contribution in [0.25, 0.3) is 11.0 Å². The molecule has 2 heterocycles. The highest BCUT2D eigenvalue weighted by molar-refractivity contribution is 5.76. The molecule has 0 bridgehead atoms. The fraction of sp³-hybridized carbons (Fsp3) is 0.409. The van der Waals surface area contributed by atoms with E-state index in [1.165, 1.54) is 48.4 Å². The van der Waals surface area contributed by atoms with Gasteiger partial charge in [-0.05, 0) is 63.5 Å². The maximum Gasteiger partial charge on any atom is 0.110 e. The highest BCUT2D eigenvalue weighted by Crippen LogP contribution is 2.24. The third-order valence-electron chi connectivity index (χ3n) is 5.50. The first-order valence-electron chi connectivity index (χ1n) is 9.37. The molecule has 0 unspecified atom stereocenters. The lowest BCUT2D eigenvalue weighted by Gasteiger charge is -2.28. The first kappa shape index (κ1) is 16.3. The number of hydrogen-bond acceptors (Lipinski definition) is 2. The Hall–Kier alpha value is -2.13. The summed E-state index contributed by atoms with van der Waals surface area (Å²) in [7, 11) is 2.23. The Kier molecular flexibility index (Phi) is 4.58. The maximum atomic E-state index is 4.99. The second-order valence-corrected chi connectivity index (χ2v) is 7.54. The Labute approximate surface area is 150 Å². The number of nitrogens with zero attached hydrogens (tertiary/aromatic N) is 3. The van der Waals surface area contributed by atoms with Gasteiger partial charge in [-0.15, -0.1) is 0 Å². The van der Waals surface area contributed by atoms with Gasteiger partial charge in [-0.2, -0.15) is 0 Å². The van der Waals surface area contributed by atoms with E-state index in [1.807, 2.05) is 0 Å². The average molecular weight is 333 g/mol. The van der Waals surface area contributed by atoms with Crippen molar-refractivity contribution in [1.29, 1.82) is 0 Å². The third kappa shape index (κ3) is 3.62. The number of fused-ring (bicyclic) bond motifs is 1. The van der Waals surface area contributed by atoms with E-state index < -0.39 is 0 Å². The van der Waals surface area contributed by atoms with Crippen LogP contribution in [-0.2, 0) is 13.0 Å². The van der Waals surface area contributed by atoms with Crippen molar-refractivity contribution < 1.29 is 0 Å². The lowest BCUT2D eigenvalue weighted by Crippen LogP contribution is -2.31. The summed E-state index contributed by atoms with van der Waals surface area (Å²) in [5, 5.41) is 0. The lowest BCUT2D eigenvalue weighted by atomic mass is 9.93. The molecule has 1 aliphatic heterocycles. The van der Waals surface area contributed by atoms with Crippen LogP contribution in [0, 0.1) is 12.8 Å². The third-order valence-corrected chi connectivity index (χ3v) is 5.50. The first-order valence-corrected chi connectivity index (χ1v) is 9.37. The smallest absolute Gasteiger partial charge is 0.110 e. The minimum absolute atomic E-state index is 0.754. The molecule has 1 aromatic heterocycles. The summed E-state index contributed by atoms with van der Waals surface area (Å²) in [6.45, 7) is 5.47. The zero-order valence-corrected chi connectivity index (χ0v) is 15.3. The summed E-state index contributed by atoms with van der Waals surface area (Å²) in [4.78, 5) is 7.43. The molecule has 0 aliphatic carbocycles. The van der Waals surface area contributed by atoms with E-state index in [4.69, 9.17) is 4.98 Å². The summed E-state index contributed by atoms with van der Waals surface area (Å²) in [6, 6.07) is 17.4. The monoisotopic (exact) mass is 333 g/mol. The second-order valence-electron chi connectivity index (χ2n) is 7.54. The Bertz CT molecular complexity index is 839. The van der Waals surface area contributed by atoms with Crippen LogP contribution in [0.15, 0.2) is 48.5 Å². The number of benzene rings is 2. The minimum Gasteiger partial charge on any atom is -0.323 e. The van der Waals surface area contributed by atoms with Crippen molar-refractivity contribution in [3.63, 3.8) is 0 Å². The SMILES string of the molecule is Cc1ccc(Cn2c(CC3CCN(C)CC3)nc3ccccc32)cc1. The maximum absolute atomic E-state index is 4.99. The number of piperidine rings is 1. The number of para-hydroxylation sites is 2. The van der Waals surface area contributed by atoms with Crippen LogP contribution in [-0.4, -0.2) is 34.6 Å². The van der Waals surface area contributed by atoms with Gasteiger partial charge < -0.3 is 9.47 Å². The van der Waals surface area contributed by atoms with Crippen LogP contribution in [0.3, 0.4) is 0 Å². The van der Waals surface area contributed by atoms with Gasteiger partial charge in [-0.3, -0.25) is 0 Å². The standard InChI is InChI=1S/C22H27N3/c1-17-7-9-19(10-8-17)16-25-21-6-4-3-5-20(21)23-22(25)15-18-11-13-24(2)14-12-18/h3-10,18H,11-16H2,1-2H3. The highest BCUT2D eigenvalue weighted by atomic mass is 15.1.